The SMILES string of the molecule is COC(OC)C(C)(O)C1CC1. The van der Waals surface area contributed by atoms with Crippen molar-refractivity contribution in [2.24, 2.45) is 5.92 Å². The smallest absolute Gasteiger partial charge is 0.185 e. The first-order valence-corrected chi connectivity index (χ1v) is 3.91. The van der Waals surface area contributed by atoms with Crippen molar-refractivity contribution in [3.63, 3.8) is 0 Å². The first kappa shape index (κ1) is 8.97. The zero-order valence-electron chi connectivity index (χ0n) is 7.33. The molecule has 3 nitrogen and oxygen atoms in total. The molecule has 0 radical (unpaired) electrons. The molecule has 1 atom stereocenters. The van der Waals surface area contributed by atoms with Crippen LogP contribution in [0.1, 0.15) is 19.8 Å². The van der Waals surface area contributed by atoms with E-state index in [1.54, 1.807) is 21.1 Å². The van der Waals surface area contributed by atoms with Gasteiger partial charge in [-0.3, -0.25) is 0 Å². The highest BCUT2D eigenvalue weighted by Gasteiger charge is 2.46. The first-order valence-electron chi connectivity index (χ1n) is 3.91. The minimum absolute atomic E-state index is 0.354. The minimum Gasteiger partial charge on any atom is -0.385 e. The number of aliphatic hydroxyl groups is 1. The molecule has 1 aliphatic rings. The summed E-state index contributed by atoms with van der Waals surface area (Å²) >= 11 is 0. The molecule has 1 aliphatic carbocycles. The fourth-order valence-electron chi connectivity index (χ4n) is 1.43. The van der Waals surface area contributed by atoms with E-state index in [4.69, 9.17) is 9.47 Å². The molecule has 0 saturated heterocycles. The van der Waals surface area contributed by atoms with Gasteiger partial charge in [0.1, 0.15) is 5.60 Å². The molecule has 0 aromatic carbocycles. The van der Waals surface area contributed by atoms with Crippen molar-refractivity contribution in [3.05, 3.63) is 0 Å². The summed E-state index contributed by atoms with van der Waals surface area (Å²) in [6.07, 6.45) is 1.67. The van der Waals surface area contributed by atoms with E-state index in [0.29, 0.717) is 5.92 Å². The maximum absolute atomic E-state index is 9.86. The van der Waals surface area contributed by atoms with Gasteiger partial charge in [0, 0.05) is 14.2 Å². The second-order valence-electron chi connectivity index (χ2n) is 3.30. The molecule has 1 rings (SSSR count). The van der Waals surface area contributed by atoms with Crippen LogP contribution in [0.2, 0.25) is 0 Å². The molecule has 11 heavy (non-hydrogen) atoms. The van der Waals surface area contributed by atoms with Crippen LogP contribution in [0.4, 0.5) is 0 Å². The molecule has 1 saturated carbocycles. The average molecular weight is 160 g/mol. The standard InChI is InChI=1S/C8H16O3/c1-8(9,6-4-5-6)7(10-2)11-3/h6-7,9H,4-5H2,1-3H3. The van der Waals surface area contributed by atoms with Crippen molar-refractivity contribution >= 4 is 0 Å². The predicted octanol–water partition coefficient (Wildman–Crippen LogP) is 0.766. The van der Waals surface area contributed by atoms with Crippen LogP contribution in [0.25, 0.3) is 0 Å². The van der Waals surface area contributed by atoms with Crippen molar-refractivity contribution in [2.45, 2.75) is 31.7 Å². The van der Waals surface area contributed by atoms with E-state index in [1.165, 1.54) is 0 Å². The van der Waals surface area contributed by atoms with Crippen LogP contribution >= 0.6 is 0 Å². The van der Waals surface area contributed by atoms with Crippen molar-refractivity contribution in [3.8, 4) is 0 Å². The number of ether oxygens (including phenoxy) is 2. The third-order valence-corrected chi connectivity index (χ3v) is 2.31. The lowest BCUT2D eigenvalue weighted by atomic mass is 10.0. The van der Waals surface area contributed by atoms with E-state index >= 15 is 0 Å². The van der Waals surface area contributed by atoms with Crippen molar-refractivity contribution < 1.29 is 14.6 Å². The number of methoxy groups -OCH3 is 2. The van der Waals surface area contributed by atoms with E-state index in [2.05, 4.69) is 0 Å². The fraction of sp³-hybridized carbons (Fsp3) is 1.00. The Kier molecular flexibility index (Phi) is 2.52. The minimum atomic E-state index is -0.816. The number of rotatable bonds is 4. The fourth-order valence-corrected chi connectivity index (χ4v) is 1.43. The van der Waals surface area contributed by atoms with Crippen molar-refractivity contribution in [1.82, 2.24) is 0 Å². The van der Waals surface area contributed by atoms with Gasteiger partial charge in [-0.1, -0.05) is 0 Å². The molecule has 0 aliphatic heterocycles. The van der Waals surface area contributed by atoms with Gasteiger partial charge in [0.2, 0.25) is 0 Å². The Morgan fingerprint density at radius 2 is 1.82 bits per heavy atom. The molecule has 0 heterocycles. The van der Waals surface area contributed by atoms with Gasteiger partial charge in [-0.2, -0.15) is 0 Å². The van der Waals surface area contributed by atoms with Crippen LogP contribution in [0.5, 0.6) is 0 Å². The Hall–Kier alpha value is -0.120. The zero-order valence-corrected chi connectivity index (χ0v) is 7.33. The molecule has 1 fully saturated rings. The molecule has 0 spiro atoms. The third-order valence-electron chi connectivity index (χ3n) is 2.31. The summed E-state index contributed by atoms with van der Waals surface area (Å²) in [5.74, 6) is 0.354. The van der Waals surface area contributed by atoms with Crippen molar-refractivity contribution in [2.75, 3.05) is 14.2 Å². The zero-order chi connectivity index (χ0) is 8.48. The third kappa shape index (κ3) is 1.72. The van der Waals surface area contributed by atoms with Crippen LogP contribution in [0.3, 0.4) is 0 Å². The van der Waals surface area contributed by atoms with Crippen LogP contribution in [-0.4, -0.2) is 31.2 Å². The van der Waals surface area contributed by atoms with Gasteiger partial charge in [0.05, 0.1) is 0 Å². The predicted molar refractivity (Wildman–Crippen MR) is 41.2 cm³/mol. The van der Waals surface area contributed by atoms with E-state index in [-0.39, 0.29) is 0 Å². The largest absolute Gasteiger partial charge is 0.385 e. The van der Waals surface area contributed by atoms with Gasteiger partial charge < -0.3 is 14.6 Å². The molecule has 1 unspecified atom stereocenters. The lowest BCUT2D eigenvalue weighted by molar-refractivity contribution is -0.215. The molecular formula is C8H16O3. The molecule has 0 bridgehead atoms. The maximum Gasteiger partial charge on any atom is 0.185 e. The summed E-state index contributed by atoms with van der Waals surface area (Å²) in [6, 6.07) is 0. The molecule has 1 N–H and O–H groups in total. The van der Waals surface area contributed by atoms with Gasteiger partial charge in [-0.05, 0) is 25.7 Å². The van der Waals surface area contributed by atoms with Gasteiger partial charge in [0.15, 0.2) is 6.29 Å². The van der Waals surface area contributed by atoms with Gasteiger partial charge in [0.25, 0.3) is 0 Å². The molecule has 0 aromatic heterocycles. The van der Waals surface area contributed by atoms with E-state index in [9.17, 15) is 5.11 Å². The summed E-state index contributed by atoms with van der Waals surface area (Å²) in [5, 5.41) is 9.86. The number of hydrogen-bond donors (Lipinski definition) is 1. The Labute approximate surface area is 67.3 Å². The second-order valence-corrected chi connectivity index (χ2v) is 3.30. The highest BCUT2D eigenvalue weighted by atomic mass is 16.7. The highest BCUT2D eigenvalue weighted by Crippen LogP contribution is 2.42. The first-order chi connectivity index (χ1) is 5.12. The Morgan fingerprint density at radius 1 is 1.36 bits per heavy atom. The maximum atomic E-state index is 9.86. The molecule has 66 valence electrons. The number of hydrogen-bond acceptors (Lipinski definition) is 3. The van der Waals surface area contributed by atoms with Crippen LogP contribution in [0, 0.1) is 5.92 Å². The normalized spacial score (nSPS) is 23.7. The lowest BCUT2D eigenvalue weighted by Gasteiger charge is -2.30. The van der Waals surface area contributed by atoms with Gasteiger partial charge in [-0.25, -0.2) is 0 Å². The second kappa shape index (κ2) is 3.09. The van der Waals surface area contributed by atoms with E-state index in [0.717, 1.165) is 12.8 Å². The Balaban J connectivity index is 2.52. The van der Waals surface area contributed by atoms with Gasteiger partial charge in [-0.15, -0.1) is 0 Å². The Morgan fingerprint density at radius 3 is 2.09 bits per heavy atom. The quantitative estimate of drug-likeness (QED) is 0.617. The van der Waals surface area contributed by atoms with E-state index in [1.807, 2.05) is 0 Å². The summed E-state index contributed by atoms with van der Waals surface area (Å²) in [4.78, 5) is 0. The summed E-state index contributed by atoms with van der Waals surface area (Å²) in [7, 11) is 3.09. The molecule has 0 amide bonds. The molecule has 3 heteroatoms. The van der Waals surface area contributed by atoms with Crippen LogP contribution in [0.15, 0.2) is 0 Å². The Bertz CT molecular complexity index is 125. The summed E-state index contributed by atoms with van der Waals surface area (Å²) in [6.45, 7) is 1.77. The van der Waals surface area contributed by atoms with E-state index < -0.39 is 11.9 Å². The van der Waals surface area contributed by atoms with Gasteiger partial charge >= 0.3 is 0 Å². The average Bonchev–Trinajstić information content (AvgIpc) is 2.69. The summed E-state index contributed by atoms with van der Waals surface area (Å²) in [5.41, 5.74) is -0.816. The van der Waals surface area contributed by atoms with Crippen LogP contribution < -0.4 is 0 Å². The van der Waals surface area contributed by atoms with Crippen LogP contribution in [-0.2, 0) is 9.47 Å². The highest BCUT2D eigenvalue weighted by molar-refractivity contribution is 4.93. The monoisotopic (exact) mass is 160 g/mol. The summed E-state index contributed by atoms with van der Waals surface area (Å²) < 4.78 is 9.99. The molecule has 0 aromatic rings. The molecular weight excluding hydrogens is 144 g/mol. The van der Waals surface area contributed by atoms with Crippen molar-refractivity contribution in [1.29, 1.82) is 0 Å². The lowest BCUT2D eigenvalue weighted by Crippen LogP contribution is -2.43. The topological polar surface area (TPSA) is 38.7 Å².